The lowest BCUT2D eigenvalue weighted by atomic mass is 9.94. The maximum absolute atomic E-state index is 12.8. The largest absolute Gasteiger partial charge is 0.495 e. The van der Waals surface area contributed by atoms with Gasteiger partial charge in [-0.2, -0.15) is 13.2 Å². The highest BCUT2D eigenvalue weighted by molar-refractivity contribution is 5.82. The smallest absolute Gasteiger partial charge is 0.423 e. The molecule has 0 aliphatic carbocycles. The van der Waals surface area contributed by atoms with Crippen LogP contribution in [0.15, 0.2) is 18.3 Å². The molecule has 0 amide bonds. The van der Waals surface area contributed by atoms with E-state index < -0.39 is 23.4 Å². The predicted molar refractivity (Wildman–Crippen MR) is 50.3 cm³/mol. The summed E-state index contributed by atoms with van der Waals surface area (Å²) in [6, 6.07) is 2.46. The van der Waals surface area contributed by atoms with Gasteiger partial charge >= 0.3 is 12.1 Å². The molecule has 8 heteroatoms. The Labute approximate surface area is 94.0 Å². The summed E-state index contributed by atoms with van der Waals surface area (Å²) in [6.07, 6.45) is -4.19. The lowest BCUT2D eigenvalue weighted by Crippen LogP contribution is -2.57. The van der Waals surface area contributed by atoms with Crippen LogP contribution in [0.3, 0.4) is 0 Å². The van der Waals surface area contributed by atoms with Crippen molar-refractivity contribution in [2.24, 2.45) is 5.73 Å². The van der Waals surface area contributed by atoms with Gasteiger partial charge in [0.25, 0.3) is 5.54 Å². The van der Waals surface area contributed by atoms with Crippen molar-refractivity contribution in [2.75, 3.05) is 7.11 Å². The zero-order chi connectivity index (χ0) is 13.3. The van der Waals surface area contributed by atoms with Crippen LogP contribution in [-0.4, -0.2) is 29.3 Å². The molecule has 0 aliphatic rings. The average molecular weight is 250 g/mol. The van der Waals surface area contributed by atoms with Crippen LogP contribution in [0.1, 0.15) is 5.69 Å². The molecular formula is C9H9F3N2O3. The van der Waals surface area contributed by atoms with E-state index in [4.69, 9.17) is 10.8 Å². The Hall–Kier alpha value is -1.83. The SMILES string of the molecule is COc1cccnc1C(N)(C(=O)O)C(F)(F)F. The molecule has 0 bridgehead atoms. The number of nitrogens with two attached hydrogens (primary N) is 1. The van der Waals surface area contributed by atoms with Gasteiger partial charge in [-0.15, -0.1) is 0 Å². The molecule has 0 aliphatic heterocycles. The number of carboxylic acids is 1. The fraction of sp³-hybridized carbons (Fsp3) is 0.333. The number of halogens is 3. The second kappa shape index (κ2) is 4.21. The molecule has 1 heterocycles. The monoisotopic (exact) mass is 250 g/mol. The molecule has 0 fully saturated rings. The Bertz CT molecular complexity index is 436. The van der Waals surface area contributed by atoms with Crippen molar-refractivity contribution in [2.45, 2.75) is 11.7 Å². The topological polar surface area (TPSA) is 85.4 Å². The minimum Gasteiger partial charge on any atom is -0.495 e. The molecular weight excluding hydrogens is 241 g/mol. The number of aliphatic carboxylic acids is 1. The van der Waals surface area contributed by atoms with E-state index in [0.29, 0.717) is 0 Å². The van der Waals surface area contributed by atoms with E-state index in [1.165, 1.54) is 6.07 Å². The number of rotatable bonds is 3. The Balaban J connectivity index is 3.49. The van der Waals surface area contributed by atoms with Gasteiger partial charge in [0.15, 0.2) is 0 Å². The normalized spacial score (nSPS) is 15.1. The van der Waals surface area contributed by atoms with Gasteiger partial charge in [-0.05, 0) is 12.1 Å². The van der Waals surface area contributed by atoms with Crippen molar-refractivity contribution in [1.82, 2.24) is 4.98 Å². The Kier molecular flexibility index (Phi) is 3.28. The van der Waals surface area contributed by atoms with Gasteiger partial charge in [0.05, 0.1) is 7.11 Å². The summed E-state index contributed by atoms with van der Waals surface area (Å²) in [5.74, 6) is -2.59. The van der Waals surface area contributed by atoms with Crippen molar-refractivity contribution in [3.05, 3.63) is 24.0 Å². The van der Waals surface area contributed by atoms with Crippen molar-refractivity contribution in [1.29, 1.82) is 0 Å². The molecule has 1 aromatic rings. The number of carboxylic acid groups (broad SMARTS) is 1. The number of hydrogen-bond donors (Lipinski definition) is 2. The van der Waals surface area contributed by atoms with Crippen LogP contribution in [-0.2, 0) is 10.3 Å². The molecule has 5 nitrogen and oxygen atoms in total. The molecule has 0 radical (unpaired) electrons. The predicted octanol–water partition coefficient (Wildman–Crippen LogP) is 0.891. The van der Waals surface area contributed by atoms with Crippen LogP contribution in [0.2, 0.25) is 0 Å². The second-order valence-electron chi connectivity index (χ2n) is 3.17. The number of carbonyl (C=O) groups is 1. The number of nitrogens with zero attached hydrogens (tertiary/aromatic N) is 1. The van der Waals surface area contributed by atoms with Gasteiger partial charge in [0.1, 0.15) is 11.4 Å². The first-order valence-electron chi connectivity index (χ1n) is 4.33. The van der Waals surface area contributed by atoms with Crippen LogP contribution in [0.4, 0.5) is 13.2 Å². The molecule has 1 unspecified atom stereocenters. The van der Waals surface area contributed by atoms with Gasteiger partial charge in [-0.3, -0.25) is 4.98 Å². The molecule has 0 spiro atoms. The standard InChI is InChI=1S/C9H9F3N2O3/c1-17-5-3-2-4-14-6(5)8(13,7(15)16)9(10,11)12/h2-4H,13H2,1H3,(H,15,16). The zero-order valence-corrected chi connectivity index (χ0v) is 8.65. The summed E-state index contributed by atoms with van der Waals surface area (Å²) in [6.45, 7) is 0. The summed E-state index contributed by atoms with van der Waals surface area (Å²) in [5.41, 5.74) is 0.464. The summed E-state index contributed by atoms with van der Waals surface area (Å²) >= 11 is 0. The van der Waals surface area contributed by atoms with Crippen molar-refractivity contribution >= 4 is 5.97 Å². The van der Waals surface area contributed by atoms with Crippen molar-refractivity contribution in [3.8, 4) is 5.75 Å². The maximum Gasteiger partial charge on any atom is 0.423 e. The number of aromatic nitrogens is 1. The number of ether oxygens (including phenoxy) is 1. The van der Waals surface area contributed by atoms with Crippen molar-refractivity contribution in [3.63, 3.8) is 0 Å². The molecule has 0 aromatic carbocycles. The molecule has 0 saturated heterocycles. The number of pyridine rings is 1. The van der Waals surface area contributed by atoms with E-state index >= 15 is 0 Å². The molecule has 3 N–H and O–H groups in total. The van der Waals surface area contributed by atoms with E-state index in [-0.39, 0.29) is 5.75 Å². The van der Waals surface area contributed by atoms with Gasteiger partial charge in [-0.1, -0.05) is 0 Å². The lowest BCUT2D eigenvalue weighted by molar-refractivity contribution is -0.205. The lowest BCUT2D eigenvalue weighted by Gasteiger charge is -2.27. The average Bonchev–Trinajstić information content (AvgIpc) is 2.26. The quantitative estimate of drug-likeness (QED) is 0.832. The van der Waals surface area contributed by atoms with Gasteiger partial charge in [0, 0.05) is 6.20 Å². The fourth-order valence-electron chi connectivity index (χ4n) is 1.21. The van der Waals surface area contributed by atoms with Crippen LogP contribution in [0, 0.1) is 0 Å². The van der Waals surface area contributed by atoms with Crippen LogP contribution in [0.25, 0.3) is 0 Å². The van der Waals surface area contributed by atoms with Crippen molar-refractivity contribution < 1.29 is 27.8 Å². The van der Waals surface area contributed by atoms with E-state index in [9.17, 15) is 18.0 Å². The maximum atomic E-state index is 12.8. The molecule has 94 valence electrons. The Morgan fingerprint density at radius 2 is 2.12 bits per heavy atom. The number of alkyl halides is 3. The van der Waals surface area contributed by atoms with E-state index in [1.54, 1.807) is 0 Å². The van der Waals surface area contributed by atoms with Gasteiger partial charge in [0.2, 0.25) is 0 Å². The Morgan fingerprint density at radius 1 is 1.53 bits per heavy atom. The summed E-state index contributed by atoms with van der Waals surface area (Å²) < 4.78 is 42.9. The summed E-state index contributed by atoms with van der Waals surface area (Å²) in [4.78, 5) is 14.2. The summed E-state index contributed by atoms with van der Waals surface area (Å²) in [7, 11) is 1.10. The van der Waals surface area contributed by atoms with Crippen LogP contribution in [0.5, 0.6) is 5.75 Å². The zero-order valence-electron chi connectivity index (χ0n) is 8.65. The first-order valence-corrected chi connectivity index (χ1v) is 4.33. The second-order valence-corrected chi connectivity index (χ2v) is 3.17. The van der Waals surface area contributed by atoms with E-state index in [0.717, 1.165) is 19.4 Å². The minimum atomic E-state index is -5.19. The highest BCUT2D eigenvalue weighted by atomic mass is 19.4. The van der Waals surface area contributed by atoms with E-state index in [1.807, 2.05) is 0 Å². The first-order chi connectivity index (χ1) is 7.75. The minimum absolute atomic E-state index is 0.338. The molecule has 1 aromatic heterocycles. The molecule has 1 rings (SSSR count). The third-order valence-corrected chi connectivity index (χ3v) is 2.15. The van der Waals surface area contributed by atoms with Crippen LogP contribution >= 0.6 is 0 Å². The third kappa shape index (κ3) is 2.03. The van der Waals surface area contributed by atoms with Gasteiger partial charge in [-0.25, -0.2) is 4.79 Å². The highest BCUT2D eigenvalue weighted by Crippen LogP contribution is 2.39. The third-order valence-electron chi connectivity index (χ3n) is 2.15. The summed E-state index contributed by atoms with van der Waals surface area (Å²) in [5, 5.41) is 8.70. The van der Waals surface area contributed by atoms with Gasteiger partial charge < -0.3 is 15.6 Å². The first kappa shape index (κ1) is 13.2. The van der Waals surface area contributed by atoms with Crippen LogP contribution < -0.4 is 10.5 Å². The highest BCUT2D eigenvalue weighted by Gasteiger charge is 2.62. The number of hydrogen-bond acceptors (Lipinski definition) is 4. The Morgan fingerprint density at radius 3 is 2.53 bits per heavy atom. The molecule has 0 saturated carbocycles. The molecule has 1 atom stereocenters. The fourth-order valence-corrected chi connectivity index (χ4v) is 1.21. The van der Waals surface area contributed by atoms with E-state index in [2.05, 4.69) is 9.72 Å². The molecule has 17 heavy (non-hydrogen) atoms. The number of methoxy groups -OCH3 is 1.